The molecule has 0 radical (unpaired) electrons. The number of hydrogen-bond donors (Lipinski definition) is 0. The maximum Gasteiger partial charge on any atom is 0.288 e. The molecule has 0 saturated heterocycles. The topological polar surface area (TPSA) is 52.4 Å². The number of nitro groups is 1. The summed E-state index contributed by atoms with van der Waals surface area (Å²) in [6, 6.07) is 8.47. The van der Waals surface area contributed by atoms with E-state index >= 15 is 0 Å². The van der Waals surface area contributed by atoms with Crippen molar-refractivity contribution in [3.8, 4) is 16.9 Å². The van der Waals surface area contributed by atoms with E-state index in [9.17, 15) is 10.1 Å². The molecule has 0 spiro atoms. The first-order chi connectivity index (χ1) is 12.3. The number of fused-ring (bicyclic) bond motifs is 1. The molecule has 0 atom stereocenters. The zero-order valence-electron chi connectivity index (χ0n) is 12.9. The standard InChI is InChI=1S/C17H8Cl5NO3/c1-26-9-6-7-4-2-3-5-8(7)17(23(24)25)10(9)11-12(18)14(20)16(22)15(21)13(11)19/h2-6H,1H3. The summed E-state index contributed by atoms with van der Waals surface area (Å²) < 4.78 is 5.38. The normalized spacial score (nSPS) is 11.0. The molecule has 0 unspecified atom stereocenters. The summed E-state index contributed by atoms with van der Waals surface area (Å²) in [7, 11) is 1.39. The van der Waals surface area contributed by atoms with Crippen LogP contribution in [0, 0.1) is 10.1 Å². The molecule has 0 saturated carbocycles. The van der Waals surface area contributed by atoms with Crippen LogP contribution in [0.4, 0.5) is 5.69 Å². The SMILES string of the molecule is COc1cc2ccccc2c([N+](=O)[O-])c1-c1c(Cl)c(Cl)c(Cl)c(Cl)c1Cl. The van der Waals surface area contributed by atoms with E-state index in [-0.39, 0.29) is 47.7 Å². The van der Waals surface area contributed by atoms with E-state index in [4.69, 9.17) is 62.7 Å². The van der Waals surface area contributed by atoms with Crippen LogP contribution in [0.5, 0.6) is 5.75 Å². The highest BCUT2D eigenvalue weighted by atomic mass is 35.5. The maximum absolute atomic E-state index is 11.9. The molecular formula is C17H8Cl5NO3. The lowest BCUT2D eigenvalue weighted by atomic mass is 9.97. The van der Waals surface area contributed by atoms with Gasteiger partial charge in [0.05, 0.1) is 42.5 Å². The number of halogens is 5. The van der Waals surface area contributed by atoms with Crippen molar-refractivity contribution >= 4 is 74.5 Å². The lowest BCUT2D eigenvalue weighted by Gasteiger charge is -2.16. The number of methoxy groups -OCH3 is 1. The Labute approximate surface area is 173 Å². The third-order valence-electron chi connectivity index (χ3n) is 3.85. The van der Waals surface area contributed by atoms with E-state index in [0.717, 1.165) is 0 Å². The number of rotatable bonds is 3. The fraction of sp³-hybridized carbons (Fsp3) is 0.0588. The van der Waals surface area contributed by atoms with E-state index in [1.807, 2.05) is 0 Å². The van der Waals surface area contributed by atoms with Gasteiger partial charge in [-0.15, -0.1) is 0 Å². The molecule has 0 aliphatic rings. The van der Waals surface area contributed by atoms with Gasteiger partial charge in [0.15, 0.2) is 0 Å². The molecule has 0 bridgehead atoms. The highest BCUT2D eigenvalue weighted by molar-refractivity contribution is 6.56. The number of nitrogens with zero attached hydrogens (tertiary/aromatic N) is 1. The zero-order chi connectivity index (χ0) is 19.2. The largest absolute Gasteiger partial charge is 0.496 e. The van der Waals surface area contributed by atoms with Gasteiger partial charge in [-0.2, -0.15) is 0 Å². The van der Waals surface area contributed by atoms with Crippen molar-refractivity contribution in [2.75, 3.05) is 7.11 Å². The first-order valence-corrected chi connectivity index (χ1v) is 8.94. The molecule has 0 aliphatic carbocycles. The van der Waals surface area contributed by atoms with Gasteiger partial charge in [0.2, 0.25) is 0 Å². The van der Waals surface area contributed by atoms with Gasteiger partial charge in [-0.05, 0) is 17.5 Å². The van der Waals surface area contributed by atoms with Crippen molar-refractivity contribution in [2.24, 2.45) is 0 Å². The average molecular weight is 452 g/mol. The molecule has 4 nitrogen and oxygen atoms in total. The Morgan fingerprint density at radius 2 is 1.42 bits per heavy atom. The Bertz CT molecular complexity index is 1040. The molecule has 0 heterocycles. The van der Waals surface area contributed by atoms with E-state index in [2.05, 4.69) is 0 Å². The second-order valence-corrected chi connectivity index (χ2v) is 7.12. The third-order valence-corrected chi connectivity index (χ3v) is 6.12. The summed E-state index contributed by atoms with van der Waals surface area (Å²) in [5.74, 6) is 0.202. The van der Waals surface area contributed by atoms with Crippen LogP contribution in [0.3, 0.4) is 0 Å². The molecule has 0 amide bonds. The fourth-order valence-electron chi connectivity index (χ4n) is 2.72. The Morgan fingerprint density at radius 3 is 1.96 bits per heavy atom. The van der Waals surface area contributed by atoms with E-state index < -0.39 is 4.92 Å². The molecule has 3 aromatic carbocycles. The van der Waals surface area contributed by atoms with Crippen LogP contribution in [0.2, 0.25) is 25.1 Å². The van der Waals surface area contributed by atoms with Gasteiger partial charge in [-0.3, -0.25) is 10.1 Å². The molecule has 0 N–H and O–H groups in total. The molecule has 0 aromatic heterocycles. The highest BCUT2D eigenvalue weighted by Gasteiger charge is 2.31. The third kappa shape index (κ3) is 2.96. The molecule has 0 fully saturated rings. The van der Waals surface area contributed by atoms with Gasteiger partial charge in [-0.1, -0.05) is 76.2 Å². The monoisotopic (exact) mass is 449 g/mol. The fourth-order valence-corrected chi connectivity index (χ4v) is 4.05. The minimum absolute atomic E-state index is 0.0329. The summed E-state index contributed by atoms with van der Waals surface area (Å²) in [6.07, 6.45) is 0. The first kappa shape index (κ1) is 19.3. The molecule has 3 aromatic rings. The van der Waals surface area contributed by atoms with Crippen molar-refractivity contribution in [1.29, 1.82) is 0 Å². The van der Waals surface area contributed by atoms with Crippen LogP contribution in [0.15, 0.2) is 30.3 Å². The van der Waals surface area contributed by atoms with Crippen LogP contribution < -0.4 is 4.74 Å². The molecule has 26 heavy (non-hydrogen) atoms. The summed E-state index contributed by atoms with van der Waals surface area (Å²) >= 11 is 31.0. The minimum atomic E-state index is -0.525. The lowest BCUT2D eigenvalue weighted by Crippen LogP contribution is -1.99. The van der Waals surface area contributed by atoms with Gasteiger partial charge >= 0.3 is 0 Å². The van der Waals surface area contributed by atoms with Crippen molar-refractivity contribution < 1.29 is 9.66 Å². The van der Waals surface area contributed by atoms with Crippen LogP contribution in [0.1, 0.15) is 0 Å². The number of benzene rings is 3. The Kier molecular flexibility index (Phi) is 5.42. The minimum Gasteiger partial charge on any atom is -0.496 e. The predicted octanol–water partition coefficient (Wildman–Crippen LogP) is 7.69. The van der Waals surface area contributed by atoms with E-state index in [0.29, 0.717) is 10.8 Å². The molecular weight excluding hydrogens is 443 g/mol. The van der Waals surface area contributed by atoms with Crippen LogP contribution in [-0.2, 0) is 0 Å². The predicted molar refractivity (Wildman–Crippen MR) is 108 cm³/mol. The maximum atomic E-state index is 11.9. The summed E-state index contributed by atoms with van der Waals surface area (Å²) in [6.45, 7) is 0. The van der Waals surface area contributed by atoms with Crippen molar-refractivity contribution in [3.63, 3.8) is 0 Å². The molecule has 9 heteroatoms. The zero-order valence-corrected chi connectivity index (χ0v) is 16.7. The number of ether oxygens (including phenoxy) is 1. The number of hydrogen-bond acceptors (Lipinski definition) is 3. The first-order valence-electron chi connectivity index (χ1n) is 7.05. The lowest BCUT2D eigenvalue weighted by molar-refractivity contribution is -0.382. The van der Waals surface area contributed by atoms with Crippen molar-refractivity contribution in [3.05, 3.63) is 65.6 Å². The second-order valence-electron chi connectivity index (χ2n) is 5.23. The van der Waals surface area contributed by atoms with Gasteiger partial charge in [-0.25, -0.2) is 0 Å². The summed E-state index contributed by atoms with van der Waals surface area (Å²) in [5, 5.41) is 12.7. The molecule has 0 aliphatic heterocycles. The van der Waals surface area contributed by atoms with Gasteiger partial charge in [0, 0.05) is 5.56 Å². The van der Waals surface area contributed by atoms with Gasteiger partial charge in [0.25, 0.3) is 5.69 Å². The van der Waals surface area contributed by atoms with Gasteiger partial charge in [0.1, 0.15) is 11.3 Å². The molecule has 134 valence electrons. The highest BCUT2D eigenvalue weighted by Crippen LogP contribution is 2.53. The van der Waals surface area contributed by atoms with Crippen molar-refractivity contribution in [1.82, 2.24) is 0 Å². The van der Waals surface area contributed by atoms with Crippen LogP contribution in [-0.4, -0.2) is 12.0 Å². The average Bonchev–Trinajstić information content (AvgIpc) is 2.63. The smallest absolute Gasteiger partial charge is 0.288 e. The summed E-state index contributed by atoms with van der Waals surface area (Å²) in [4.78, 5) is 11.4. The van der Waals surface area contributed by atoms with Crippen molar-refractivity contribution in [2.45, 2.75) is 0 Å². The summed E-state index contributed by atoms with van der Waals surface area (Å²) in [5.41, 5.74) is -0.0630. The molecule has 3 rings (SSSR count). The van der Waals surface area contributed by atoms with E-state index in [1.165, 1.54) is 7.11 Å². The Hall–Kier alpha value is -1.43. The van der Waals surface area contributed by atoms with Gasteiger partial charge < -0.3 is 4.74 Å². The Morgan fingerprint density at radius 1 is 0.885 bits per heavy atom. The van der Waals surface area contributed by atoms with Crippen LogP contribution >= 0.6 is 58.0 Å². The number of nitro benzene ring substituents is 1. The quantitative estimate of drug-likeness (QED) is 0.177. The van der Waals surface area contributed by atoms with Crippen LogP contribution in [0.25, 0.3) is 21.9 Å². The second kappa shape index (κ2) is 7.29. The van der Waals surface area contributed by atoms with E-state index in [1.54, 1.807) is 30.3 Å². The Balaban J connectivity index is 2.58.